The summed E-state index contributed by atoms with van der Waals surface area (Å²) in [5.74, 6) is 0.533. The van der Waals surface area contributed by atoms with Crippen molar-refractivity contribution in [3.63, 3.8) is 0 Å². The zero-order chi connectivity index (χ0) is 19.4. The SMILES string of the molecule is CCn1c(OC)nnc1[C@@H](C)NS(=O)(=O)CCc1cccc2ccccc12. The van der Waals surface area contributed by atoms with Crippen LogP contribution in [0.3, 0.4) is 0 Å². The quantitative estimate of drug-likeness (QED) is 0.641. The second-order valence-corrected chi connectivity index (χ2v) is 8.21. The second-order valence-electron chi connectivity index (χ2n) is 6.34. The highest BCUT2D eigenvalue weighted by molar-refractivity contribution is 7.89. The lowest BCUT2D eigenvalue weighted by atomic mass is 10.0. The number of rotatable bonds is 8. The summed E-state index contributed by atoms with van der Waals surface area (Å²) in [6.07, 6.45) is 0.438. The van der Waals surface area contributed by atoms with Crippen LogP contribution in [0.5, 0.6) is 6.01 Å². The summed E-state index contributed by atoms with van der Waals surface area (Å²) in [6.45, 7) is 4.27. The van der Waals surface area contributed by atoms with Crippen molar-refractivity contribution >= 4 is 20.8 Å². The number of nitrogens with one attached hydrogen (secondary N) is 1. The molecule has 0 aliphatic rings. The number of ether oxygens (including phenoxy) is 1. The van der Waals surface area contributed by atoms with Crippen LogP contribution in [0.15, 0.2) is 42.5 Å². The minimum atomic E-state index is -3.49. The maximum atomic E-state index is 12.6. The molecular formula is C19H24N4O3S. The van der Waals surface area contributed by atoms with Crippen molar-refractivity contribution < 1.29 is 13.2 Å². The van der Waals surface area contributed by atoms with Gasteiger partial charge in [-0.15, -0.1) is 5.10 Å². The molecule has 0 saturated heterocycles. The Morgan fingerprint density at radius 1 is 1.15 bits per heavy atom. The van der Waals surface area contributed by atoms with Gasteiger partial charge >= 0.3 is 6.01 Å². The molecule has 3 aromatic rings. The number of benzene rings is 2. The Bertz CT molecular complexity index is 1030. The molecule has 1 heterocycles. The molecule has 0 fully saturated rings. The number of aromatic nitrogens is 3. The smallest absolute Gasteiger partial charge is 0.316 e. The standard InChI is InChI=1S/C19H24N4O3S/c1-4-23-18(20-21-19(23)26-3)14(2)22-27(24,25)13-12-16-10-7-9-15-8-5-6-11-17(15)16/h5-11,14,22H,4,12-13H2,1-3H3/t14-/m1/s1. The van der Waals surface area contributed by atoms with Gasteiger partial charge in [0, 0.05) is 6.54 Å². The van der Waals surface area contributed by atoms with Gasteiger partial charge < -0.3 is 4.74 Å². The van der Waals surface area contributed by atoms with Gasteiger partial charge in [0.15, 0.2) is 5.82 Å². The molecule has 0 spiro atoms. The first kappa shape index (κ1) is 19.3. The molecule has 0 aliphatic heterocycles. The van der Waals surface area contributed by atoms with Crippen LogP contribution in [-0.2, 0) is 23.0 Å². The van der Waals surface area contributed by atoms with Crippen LogP contribution in [0.2, 0.25) is 0 Å². The van der Waals surface area contributed by atoms with Crippen molar-refractivity contribution in [1.82, 2.24) is 19.5 Å². The number of methoxy groups -OCH3 is 1. The van der Waals surface area contributed by atoms with Crippen LogP contribution in [0.4, 0.5) is 0 Å². The van der Waals surface area contributed by atoms with Crippen molar-refractivity contribution in [2.24, 2.45) is 0 Å². The van der Waals surface area contributed by atoms with Gasteiger partial charge in [-0.05, 0) is 36.6 Å². The molecule has 1 atom stereocenters. The Labute approximate surface area is 159 Å². The summed E-state index contributed by atoms with van der Waals surface area (Å²) >= 11 is 0. The van der Waals surface area contributed by atoms with Gasteiger partial charge in [-0.25, -0.2) is 13.1 Å². The van der Waals surface area contributed by atoms with Crippen LogP contribution in [-0.4, -0.2) is 36.0 Å². The minimum Gasteiger partial charge on any atom is -0.467 e. The van der Waals surface area contributed by atoms with Gasteiger partial charge in [-0.3, -0.25) is 4.57 Å². The third kappa shape index (κ3) is 4.28. The summed E-state index contributed by atoms with van der Waals surface area (Å²) in [7, 11) is -1.98. The van der Waals surface area contributed by atoms with Crippen LogP contribution >= 0.6 is 0 Å². The third-order valence-electron chi connectivity index (χ3n) is 4.51. The van der Waals surface area contributed by atoms with E-state index < -0.39 is 16.1 Å². The summed E-state index contributed by atoms with van der Waals surface area (Å²) < 4.78 is 34.8. The first-order valence-corrected chi connectivity index (χ1v) is 10.5. The highest BCUT2D eigenvalue weighted by Crippen LogP contribution is 2.20. The average Bonchev–Trinajstić information content (AvgIpc) is 3.09. The number of nitrogens with zero attached hydrogens (tertiary/aromatic N) is 3. The van der Waals surface area contributed by atoms with Gasteiger partial charge in [0.05, 0.1) is 18.9 Å². The number of hydrogen-bond acceptors (Lipinski definition) is 5. The Hall–Kier alpha value is -2.45. The van der Waals surface area contributed by atoms with Crippen molar-refractivity contribution in [2.45, 2.75) is 32.9 Å². The van der Waals surface area contributed by atoms with Crippen molar-refractivity contribution in [2.75, 3.05) is 12.9 Å². The molecule has 7 nitrogen and oxygen atoms in total. The van der Waals surface area contributed by atoms with Gasteiger partial charge in [-0.1, -0.05) is 47.6 Å². The Morgan fingerprint density at radius 2 is 1.89 bits per heavy atom. The third-order valence-corrected chi connectivity index (χ3v) is 5.96. The fraction of sp³-hybridized carbons (Fsp3) is 0.368. The molecule has 0 radical (unpaired) electrons. The van der Waals surface area contributed by atoms with E-state index >= 15 is 0 Å². The largest absolute Gasteiger partial charge is 0.467 e. The van der Waals surface area contributed by atoms with E-state index in [-0.39, 0.29) is 5.75 Å². The maximum absolute atomic E-state index is 12.6. The van der Waals surface area contributed by atoms with Gasteiger partial charge in [-0.2, -0.15) is 0 Å². The van der Waals surface area contributed by atoms with Crippen molar-refractivity contribution in [1.29, 1.82) is 0 Å². The predicted molar refractivity (Wildman–Crippen MR) is 105 cm³/mol. The van der Waals surface area contributed by atoms with Gasteiger partial charge in [0.1, 0.15) is 0 Å². The summed E-state index contributed by atoms with van der Waals surface area (Å²) in [6, 6.07) is 13.8. The van der Waals surface area contributed by atoms with Crippen molar-refractivity contribution in [3.8, 4) is 6.01 Å². The molecule has 2 aromatic carbocycles. The van der Waals surface area contributed by atoms with Crippen LogP contribution < -0.4 is 9.46 Å². The lowest BCUT2D eigenvalue weighted by molar-refractivity contribution is 0.354. The maximum Gasteiger partial charge on any atom is 0.316 e. The monoisotopic (exact) mass is 388 g/mol. The van der Waals surface area contributed by atoms with E-state index in [0.717, 1.165) is 16.3 Å². The van der Waals surface area contributed by atoms with E-state index in [2.05, 4.69) is 14.9 Å². The van der Waals surface area contributed by atoms with Crippen molar-refractivity contribution in [3.05, 3.63) is 53.9 Å². The fourth-order valence-electron chi connectivity index (χ4n) is 3.20. The number of hydrogen-bond donors (Lipinski definition) is 1. The fourth-order valence-corrected chi connectivity index (χ4v) is 4.45. The zero-order valence-electron chi connectivity index (χ0n) is 15.7. The summed E-state index contributed by atoms with van der Waals surface area (Å²) in [5, 5.41) is 10.2. The molecule has 0 amide bonds. The van der Waals surface area contributed by atoms with Gasteiger partial charge in [0.25, 0.3) is 0 Å². The Balaban J connectivity index is 1.72. The molecular weight excluding hydrogens is 364 g/mol. The molecule has 3 rings (SSSR count). The molecule has 1 aromatic heterocycles. The molecule has 0 bridgehead atoms. The molecule has 144 valence electrons. The van der Waals surface area contributed by atoms with E-state index in [1.165, 1.54) is 7.11 Å². The van der Waals surface area contributed by atoms with E-state index in [1.54, 1.807) is 11.5 Å². The van der Waals surface area contributed by atoms with E-state index in [1.807, 2.05) is 49.4 Å². The van der Waals surface area contributed by atoms with E-state index in [0.29, 0.717) is 24.8 Å². The summed E-state index contributed by atoms with van der Waals surface area (Å²) in [4.78, 5) is 0. The van der Waals surface area contributed by atoms with E-state index in [9.17, 15) is 8.42 Å². The van der Waals surface area contributed by atoms with Crippen LogP contribution in [0, 0.1) is 0 Å². The van der Waals surface area contributed by atoms with Crippen LogP contribution in [0.25, 0.3) is 10.8 Å². The highest BCUT2D eigenvalue weighted by Gasteiger charge is 2.22. The lowest BCUT2D eigenvalue weighted by Crippen LogP contribution is -2.31. The normalized spacial score (nSPS) is 13.0. The predicted octanol–water partition coefficient (Wildman–Crippen LogP) is 2.68. The molecule has 8 heteroatoms. The highest BCUT2D eigenvalue weighted by atomic mass is 32.2. The first-order chi connectivity index (χ1) is 12.9. The first-order valence-electron chi connectivity index (χ1n) is 8.89. The molecule has 0 unspecified atom stereocenters. The molecule has 0 aliphatic carbocycles. The second kappa shape index (κ2) is 8.06. The lowest BCUT2D eigenvalue weighted by Gasteiger charge is -2.15. The van der Waals surface area contributed by atoms with Gasteiger partial charge in [0.2, 0.25) is 10.0 Å². The average molecular weight is 388 g/mol. The number of aryl methyl sites for hydroxylation is 1. The molecule has 0 saturated carbocycles. The Kier molecular flexibility index (Phi) is 5.76. The van der Waals surface area contributed by atoms with Crippen LogP contribution in [0.1, 0.15) is 31.3 Å². The zero-order valence-corrected chi connectivity index (χ0v) is 16.5. The summed E-state index contributed by atoms with van der Waals surface area (Å²) in [5.41, 5.74) is 1.02. The van der Waals surface area contributed by atoms with E-state index in [4.69, 9.17) is 4.74 Å². The number of fused-ring (bicyclic) bond motifs is 1. The Morgan fingerprint density at radius 3 is 2.63 bits per heavy atom. The topological polar surface area (TPSA) is 86.1 Å². The minimum absolute atomic E-state index is 0.00272. The molecule has 1 N–H and O–H groups in total. The molecule has 27 heavy (non-hydrogen) atoms. The number of sulfonamides is 1.